The molecule has 9 heteroatoms. The van der Waals surface area contributed by atoms with E-state index in [0.717, 1.165) is 15.8 Å². The standard InChI is InChI=1S/C19H18BrN5O3/c1-28-15-7-5-12(6-8-15)18-23-16(24-25-18)10-21-17(26)11-22-19(27)13-3-2-4-14(20)9-13/h2-9H,10-11H2,1H3,(H,21,26)(H,22,27)(H,23,24,25). The van der Waals surface area contributed by atoms with E-state index in [2.05, 4.69) is 41.7 Å². The molecule has 0 spiro atoms. The largest absolute Gasteiger partial charge is 0.497 e. The number of aromatic amines is 1. The molecular formula is C19H18BrN5O3. The number of benzene rings is 2. The zero-order valence-corrected chi connectivity index (χ0v) is 16.6. The van der Waals surface area contributed by atoms with Crippen molar-refractivity contribution < 1.29 is 14.3 Å². The summed E-state index contributed by atoms with van der Waals surface area (Å²) in [5, 5.41) is 12.2. The lowest BCUT2D eigenvalue weighted by Crippen LogP contribution is -2.36. The topological polar surface area (TPSA) is 109 Å². The summed E-state index contributed by atoms with van der Waals surface area (Å²) in [5.74, 6) is 1.13. The van der Waals surface area contributed by atoms with Crippen LogP contribution in [0.5, 0.6) is 5.75 Å². The molecule has 28 heavy (non-hydrogen) atoms. The number of aromatic nitrogens is 3. The van der Waals surface area contributed by atoms with Crippen molar-refractivity contribution in [1.82, 2.24) is 25.8 Å². The Labute approximate surface area is 169 Å². The first-order valence-corrected chi connectivity index (χ1v) is 9.20. The number of hydrogen-bond donors (Lipinski definition) is 3. The van der Waals surface area contributed by atoms with Crippen LogP contribution in [0.4, 0.5) is 0 Å². The second-order valence-electron chi connectivity index (χ2n) is 5.80. The molecule has 0 unspecified atom stereocenters. The summed E-state index contributed by atoms with van der Waals surface area (Å²) in [5.41, 5.74) is 1.30. The Bertz CT molecular complexity index is 972. The molecule has 8 nitrogen and oxygen atoms in total. The number of carbonyl (C=O) groups is 2. The van der Waals surface area contributed by atoms with Crippen molar-refractivity contribution in [2.75, 3.05) is 13.7 Å². The van der Waals surface area contributed by atoms with Crippen LogP contribution >= 0.6 is 15.9 Å². The Morgan fingerprint density at radius 3 is 2.64 bits per heavy atom. The van der Waals surface area contributed by atoms with E-state index < -0.39 is 0 Å². The lowest BCUT2D eigenvalue weighted by atomic mass is 10.2. The monoisotopic (exact) mass is 443 g/mol. The molecule has 3 rings (SSSR count). The normalized spacial score (nSPS) is 10.4. The first-order chi connectivity index (χ1) is 13.5. The van der Waals surface area contributed by atoms with Gasteiger partial charge in [0.25, 0.3) is 5.91 Å². The minimum atomic E-state index is -0.328. The molecule has 0 saturated heterocycles. The summed E-state index contributed by atoms with van der Waals surface area (Å²) >= 11 is 3.31. The van der Waals surface area contributed by atoms with E-state index in [4.69, 9.17) is 4.74 Å². The first-order valence-electron chi connectivity index (χ1n) is 8.41. The summed E-state index contributed by atoms with van der Waals surface area (Å²) < 4.78 is 5.91. The van der Waals surface area contributed by atoms with Crippen LogP contribution in [0.1, 0.15) is 16.2 Å². The van der Waals surface area contributed by atoms with E-state index >= 15 is 0 Å². The molecule has 0 aliphatic carbocycles. The average molecular weight is 444 g/mol. The minimum absolute atomic E-state index is 0.134. The number of ether oxygens (including phenoxy) is 1. The zero-order chi connectivity index (χ0) is 19.9. The van der Waals surface area contributed by atoms with E-state index in [1.54, 1.807) is 25.3 Å². The number of H-pyrrole nitrogens is 1. The third-order valence-electron chi connectivity index (χ3n) is 3.83. The van der Waals surface area contributed by atoms with Gasteiger partial charge < -0.3 is 15.4 Å². The number of nitrogens with one attached hydrogen (secondary N) is 3. The Hall–Kier alpha value is -3.20. The molecule has 2 aromatic carbocycles. The number of methoxy groups -OCH3 is 1. The molecule has 0 saturated carbocycles. The molecular weight excluding hydrogens is 426 g/mol. The quantitative estimate of drug-likeness (QED) is 0.518. The molecule has 0 bridgehead atoms. The molecule has 1 heterocycles. The first kappa shape index (κ1) is 19.6. The van der Waals surface area contributed by atoms with Gasteiger partial charge in [-0.2, -0.15) is 5.10 Å². The maximum atomic E-state index is 12.0. The maximum absolute atomic E-state index is 12.0. The van der Waals surface area contributed by atoms with Crippen molar-refractivity contribution in [1.29, 1.82) is 0 Å². The van der Waals surface area contributed by atoms with Crippen molar-refractivity contribution in [3.8, 4) is 17.1 Å². The summed E-state index contributed by atoms with van der Waals surface area (Å²) in [6.07, 6.45) is 0. The molecule has 0 fully saturated rings. The average Bonchev–Trinajstić information content (AvgIpc) is 3.19. The van der Waals surface area contributed by atoms with Gasteiger partial charge in [0.1, 0.15) is 11.6 Å². The van der Waals surface area contributed by atoms with Crippen LogP contribution in [0.3, 0.4) is 0 Å². The third-order valence-corrected chi connectivity index (χ3v) is 4.32. The number of nitrogens with zero attached hydrogens (tertiary/aromatic N) is 2. The predicted octanol–water partition coefficient (Wildman–Crippen LogP) is 2.29. The van der Waals surface area contributed by atoms with Gasteiger partial charge in [-0.25, -0.2) is 4.98 Å². The number of carbonyl (C=O) groups excluding carboxylic acids is 2. The van der Waals surface area contributed by atoms with Crippen molar-refractivity contribution in [3.63, 3.8) is 0 Å². The molecule has 0 radical (unpaired) electrons. The molecule has 144 valence electrons. The van der Waals surface area contributed by atoms with Gasteiger partial charge in [-0.1, -0.05) is 22.0 Å². The molecule has 1 aromatic heterocycles. The van der Waals surface area contributed by atoms with Gasteiger partial charge in [0, 0.05) is 15.6 Å². The van der Waals surface area contributed by atoms with E-state index in [9.17, 15) is 9.59 Å². The fourth-order valence-corrected chi connectivity index (χ4v) is 2.78. The van der Waals surface area contributed by atoms with Crippen LogP contribution < -0.4 is 15.4 Å². The Morgan fingerprint density at radius 2 is 1.93 bits per heavy atom. The van der Waals surface area contributed by atoms with Crippen molar-refractivity contribution in [3.05, 3.63) is 64.4 Å². The highest BCUT2D eigenvalue weighted by Gasteiger charge is 2.10. The van der Waals surface area contributed by atoms with Crippen molar-refractivity contribution in [2.45, 2.75) is 6.54 Å². The lowest BCUT2D eigenvalue weighted by molar-refractivity contribution is -0.120. The van der Waals surface area contributed by atoms with Gasteiger partial charge in [-0.15, -0.1) is 0 Å². The van der Waals surface area contributed by atoms with E-state index in [1.807, 2.05) is 30.3 Å². The second kappa shape index (κ2) is 9.14. The summed E-state index contributed by atoms with van der Waals surface area (Å²) in [6.45, 7) is 0.0412. The van der Waals surface area contributed by atoms with E-state index in [0.29, 0.717) is 17.2 Å². The maximum Gasteiger partial charge on any atom is 0.251 e. The van der Waals surface area contributed by atoms with E-state index in [1.165, 1.54) is 0 Å². The zero-order valence-electron chi connectivity index (χ0n) is 15.0. The van der Waals surface area contributed by atoms with Crippen LogP contribution in [-0.2, 0) is 11.3 Å². The fraction of sp³-hybridized carbons (Fsp3) is 0.158. The second-order valence-corrected chi connectivity index (χ2v) is 6.72. The highest BCUT2D eigenvalue weighted by Crippen LogP contribution is 2.18. The highest BCUT2D eigenvalue weighted by molar-refractivity contribution is 9.10. The fourth-order valence-electron chi connectivity index (χ4n) is 2.38. The predicted molar refractivity (Wildman–Crippen MR) is 107 cm³/mol. The SMILES string of the molecule is COc1ccc(-c2n[nH]c(CNC(=O)CNC(=O)c3cccc(Br)c3)n2)cc1. The van der Waals surface area contributed by atoms with Crippen LogP contribution in [0.15, 0.2) is 53.0 Å². The summed E-state index contributed by atoms with van der Waals surface area (Å²) in [7, 11) is 1.60. The van der Waals surface area contributed by atoms with Gasteiger partial charge in [-0.3, -0.25) is 14.7 Å². The van der Waals surface area contributed by atoms with Crippen LogP contribution in [0.25, 0.3) is 11.4 Å². The molecule has 2 amide bonds. The van der Waals surface area contributed by atoms with Gasteiger partial charge >= 0.3 is 0 Å². The van der Waals surface area contributed by atoms with Crippen LogP contribution in [-0.4, -0.2) is 40.7 Å². The summed E-state index contributed by atoms with van der Waals surface area (Å²) in [6, 6.07) is 14.3. The van der Waals surface area contributed by atoms with Gasteiger partial charge in [0.2, 0.25) is 5.91 Å². The molecule has 3 aromatic rings. The van der Waals surface area contributed by atoms with Gasteiger partial charge in [0.05, 0.1) is 20.2 Å². The van der Waals surface area contributed by atoms with Crippen molar-refractivity contribution >= 4 is 27.7 Å². The highest BCUT2D eigenvalue weighted by atomic mass is 79.9. The molecule has 0 aliphatic rings. The minimum Gasteiger partial charge on any atom is -0.497 e. The molecule has 3 N–H and O–H groups in total. The number of hydrogen-bond acceptors (Lipinski definition) is 5. The van der Waals surface area contributed by atoms with E-state index in [-0.39, 0.29) is 24.9 Å². The summed E-state index contributed by atoms with van der Waals surface area (Å²) in [4.78, 5) is 28.3. The molecule has 0 aliphatic heterocycles. The Kier molecular flexibility index (Phi) is 6.38. The van der Waals surface area contributed by atoms with Gasteiger partial charge in [0.15, 0.2) is 5.82 Å². The molecule has 0 atom stereocenters. The Balaban J connectivity index is 1.48. The lowest BCUT2D eigenvalue weighted by Gasteiger charge is -2.06. The van der Waals surface area contributed by atoms with Crippen LogP contribution in [0.2, 0.25) is 0 Å². The Morgan fingerprint density at radius 1 is 1.14 bits per heavy atom. The van der Waals surface area contributed by atoms with Crippen molar-refractivity contribution in [2.24, 2.45) is 0 Å². The number of rotatable bonds is 7. The smallest absolute Gasteiger partial charge is 0.251 e. The number of amides is 2. The van der Waals surface area contributed by atoms with Crippen LogP contribution in [0, 0.1) is 0 Å². The number of halogens is 1. The van der Waals surface area contributed by atoms with Gasteiger partial charge in [-0.05, 0) is 42.5 Å². The third kappa shape index (κ3) is 5.17.